The van der Waals surface area contributed by atoms with Crippen molar-refractivity contribution in [2.75, 3.05) is 0 Å². The highest BCUT2D eigenvalue weighted by Crippen LogP contribution is 2.49. The molecule has 12 heteroatoms. The number of fused-ring (bicyclic) bond motifs is 6. The van der Waals surface area contributed by atoms with Gasteiger partial charge in [-0.25, -0.2) is 9.97 Å². The highest BCUT2D eigenvalue weighted by Gasteiger charge is 2.18. The number of hydrogen-bond donors (Lipinski definition) is 0. The van der Waals surface area contributed by atoms with Crippen molar-refractivity contribution in [1.82, 2.24) is 19.9 Å². The van der Waals surface area contributed by atoms with E-state index in [0.29, 0.717) is 0 Å². The van der Waals surface area contributed by atoms with E-state index in [1.807, 2.05) is 81.2 Å². The van der Waals surface area contributed by atoms with E-state index < -0.39 is 0 Å². The summed E-state index contributed by atoms with van der Waals surface area (Å²) in [5.74, 6) is 0. The molecule has 0 atom stereocenters. The van der Waals surface area contributed by atoms with Crippen LogP contribution in [0.15, 0.2) is 60.1 Å². The van der Waals surface area contributed by atoms with Crippen LogP contribution < -0.4 is 0 Å². The molecule has 0 aliphatic rings. The fourth-order valence-corrected chi connectivity index (χ4v) is 12.9. The Morgan fingerprint density at radius 2 is 0.921 bits per heavy atom. The third-order valence-electron chi connectivity index (χ3n) is 6.19. The summed E-state index contributed by atoms with van der Waals surface area (Å²) in [4.78, 5) is 25.1. The largest absolute Gasteiger partial charge is 0.252 e. The number of rotatable bonds is 4. The van der Waals surface area contributed by atoms with Gasteiger partial charge >= 0.3 is 0 Å². The molecule has 0 saturated carbocycles. The molecule has 9 rings (SSSR count). The minimum Gasteiger partial charge on any atom is -0.252 e. The maximum Gasteiger partial charge on any atom is 0.133 e. The van der Waals surface area contributed by atoms with E-state index in [0.717, 1.165) is 10.0 Å². The number of thiazole rings is 4. The summed E-state index contributed by atoms with van der Waals surface area (Å²) in [7, 11) is 0. The molecule has 8 aromatic heterocycles. The van der Waals surface area contributed by atoms with Crippen molar-refractivity contribution in [3.05, 3.63) is 60.1 Å². The molecule has 0 N–H and O–H groups in total. The van der Waals surface area contributed by atoms with Gasteiger partial charge in [-0.15, -0.1) is 90.7 Å². The van der Waals surface area contributed by atoms with Crippen LogP contribution in [0.2, 0.25) is 0 Å². The molecule has 0 fully saturated rings. The Kier molecular flexibility index (Phi) is 5.03. The van der Waals surface area contributed by atoms with Crippen LogP contribution in [0.3, 0.4) is 0 Å². The van der Waals surface area contributed by atoms with Crippen molar-refractivity contribution in [3.8, 4) is 39.3 Å². The Bertz CT molecular complexity index is 2090. The first-order chi connectivity index (χ1) is 18.8. The summed E-state index contributed by atoms with van der Waals surface area (Å²) in [6, 6.07) is 9.43. The maximum atomic E-state index is 4.73. The fourth-order valence-electron chi connectivity index (χ4n) is 4.49. The molecule has 0 bridgehead atoms. The summed E-state index contributed by atoms with van der Waals surface area (Å²) in [5, 5.41) is 4.88. The van der Waals surface area contributed by atoms with E-state index in [1.165, 1.54) is 68.2 Å². The van der Waals surface area contributed by atoms with Gasteiger partial charge in [0.1, 0.15) is 10.0 Å². The van der Waals surface area contributed by atoms with Crippen LogP contribution in [-0.4, -0.2) is 19.9 Å². The predicted octanol–water partition coefficient (Wildman–Crippen LogP) is 11.0. The fraction of sp³-hybridized carbons (Fsp3) is 0. The zero-order chi connectivity index (χ0) is 24.8. The number of hydrogen-bond acceptors (Lipinski definition) is 12. The van der Waals surface area contributed by atoms with Crippen molar-refractivity contribution >= 4 is 130 Å². The standard InChI is InChI=1S/C26H10N4S8/c1-11-14(34-15-3-17(35-23(11)15)25-29-7-21(37-25)19-5-27-9-31-19)2-12-13(1)33-16-4-18(36-24(12)16)26-30-8-22(38-26)20-6-28-10-32-20/h1-10H. The number of aromatic nitrogens is 4. The highest BCUT2D eigenvalue weighted by atomic mass is 32.1. The van der Waals surface area contributed by atoms with Crippen molar-refractivity contribution in [2.24, 2.45) is 0 Å². The average Bonchev–Trinajstić information content (AvgIpc) is 3.75. The second-order valence-electron chi connectivity index (χ2n) is 8.45. The van der Waals surface area contributed by atoms with Crippen LogP contribution >= 0.6 is 90.7 Å². The lowest BCUT2D eigenvalue weighted by atomic mass is 10.2. The summed E-state index contributed by atoms with van der Waals surface area (Å²) >= 11 is 14.3. The molecule has 4 nitrogen and oxygen atoms in total. The van der Waals surface area contributed by atoms with Gasteiger partial charge in [-0.3, -0.25) is 9.97 Å². The van der Waals surface area contributed by atoms with Gasteiger partial charge < -0.3 is 0 Å². The minimum atomic E-state index is 1.08. The zero-order valence-corrected chi connectivity index (χ0v) is 25.4. The summed E-state index contributed by atoms with van der Waals surface area (Å²) in [6.45, 7) is 0. The van der Waals surface area contributed by atoms with Crippen LogP contribution in [0.4, 0.5) is 0 Å². The zero-order valence-electron chi connectivity index (χ0n) is 18.8. The third kappa shape index (κ3) is 3.45. The lowest BCUT2D eigenvalue weighted by Crippen LogP contribution is -1.66. The molecule has 0 unspecified atom stereocenters. The monoisotopic (exact) mass is 634 g/mol. The Balaban J connectivity index is 1.11. The van der Waals surface area contributed by atoms with Crippen molar-refractivity contribution in [2.45, 2.75) is 0 Å². The first-order valence-corrected chi connectivity index (χ1v) is 17.9. The maximum absolute atomic E-state index is 4.73. The van der Waals surface area contributed by atoms with Crippen LogP contribution in [-0.2, 0) is 0 Å². The Morgan fingerprint density at radius 3 is 1.37 bits per heavy atom. The first kappa shape index (κ1) is 22.4. The topological polar surface area (TPSA) is 51.6 Å². The lowest BCUT2D eigenvalue weighted by Gasteiger charge is -1.94. The molecule has 0 spiro atoms. The van der Waals surface area contributed by atoms with Gasteiger partial charge in [-0.05, 0) is 24.3 Å². The minimum absolute atomic E-state index is 1.08. The highest BCUT2D eigenvalue weighted by molar-refractivity contribution is 7.37. The summed E-state index contributed by atoms with van der Waals surface area (Å²) in [6.07, 6.45) is 7.78. The molecule has 1 aromatic carbocycles. The quantitative estimate of drug-likeness (QED) is 0.193. The average molecular weight is 635 g/mol. The van der Waals surface area contributed by atoms with Crippen LogP contribution in [0.25, 0.3) is 78.3 Å². The van der Waals surface area contributed by atoms with Crippen molar-refractivity contribution < 1.29 is 0 Å². The second-order valence-corrected chi connectivity index (χ2v) is 16.6. The molecule has 38 heavy (non-hydrogen) atoms. The van der Waals surface area contributed by atoms with E-state index in [4.69, 9.17) is 9.97 Å². The molecule has 0 radical (unpaired) electrons. The predicted molar refractivity (Wildman–Crippen MR) is 172 cm³/mol. The van der Waals surface area contributed by atoms with E-state index in [9.17, 15) is 0 Å². The Morgan fingerprint density at radius 1 is 0.421 bits per heavy atom. The van der Waals surface area contributed by atoms with Crippen LogP contribution in [0.5, 0.6) is 0 Å². The molecule has 0 aliphatic carbocycles. The van der Waals surface area contributed by atoms with Gasteiger partial charge in [0.05, 0.1) is 49.7 Å². The van der Waals surface area contributed by atoms with Gasteiger partial charge in [0.15, 0.2) is 0 Å². The number of nitrogens with zero attached hydrogens (tertiary/aromatic N) is 4. The molecule has 0 amide bonds. The van der Waals surface area contributed by atoms with Crippen LogP contribution in [0, 0.1) is 0 Å². The molecule has 0 saturated heterocycles. The molecule has 182 valence electrons. The van der Waals surface area contributed by atoms with Gasteiger partial charge in [-0.1, -0.05) is 0 Å². The third-order valence-corrected chi connectivity index (χ3v) is 15.3. The van der Waals surface area contributed by atoms with E-state index in [2.05, 4.69) is 34.2 Å². The normalized spacial score (nSPS) is 12.2. The molecule has 0 aliphatic heterocycles. The van der Waals surface area contributed by atoms with Crippen molar-refractivity contribution in [3.63, 3.8) is 0 Å². The lowest BCUT2D eigenvalue weighted by molar-refractivity contribution is 1.41. The molecular formula is C26H10N4S8. The van der Waals surface area contributed by atoms with Crippen molar-refractivity contribution in [1.29, 1.82) is 0 Å². The molecule has 9 aromatic rings. The first-order valence-electron chi connectivity index (χ1n) is 11.3. The van der Waals surface area contributed by atoms with Gasteiger partial charge in [0, 0.05) is 54.4 Å². The number of benzene rings is 1. The van der Waals surface area contributed by atoms with Crippen LogP contribution in [0.1, 0.15) is 0 Å². The smallest absolute Gasteiger partial charge is 0.133 e. The van der Waals surface area contributed by atoms with E-state index >= 15 is 0 Å². The van der Waals surface area contributed by atoms with E-state index in [-0.39, 0.29) is 0 Å². The van der Waals surface area contributed by atoms with Gasteiger partial charge in [0.2, 0.25) is 0 Å². The SMILES string of the molecule is c1ncc(-c2cnc(-c3cc4sc5cc6c(cc5c4s3)sc3cc(-c4ncc(-c5cncs5)s4)sc36)s2)s1. The second kappa shape index (κ2) is 8.54. The van der Waals surface area contributed by atoms with Gasteiger partial charge in [0.25, 0.3) is 0 Å². The Hall–Kier alpha value is -2.42. The summed E-state index contributed by atoms with van der Waals surface area (Å²) < 4.78 is 8.12. The molecule has 8 heterocycles. The molecular weight excluding hydrogens is 625 g/mol. The van der Waals surface area contributed by atoms with E-state index in [1.54, 1.807) is 45.3 Å². The summed E-state index contributed by atoms with van der Waals surface area (Å²) in [5.41, 5.74) is 3.74. The number of thiophene rings is 4. The Labute approximate surface area is 246 Å². The van der Waals surface area contributed by atoms with Gasteiger partial charge in [-0.2, -0.15) is 0 Å².